The first-order valence-electron chi connectivity index (χ1n) is 14.5. The first-order valence-corrected chi connectivity index (χ1v) is 16.0. The Balaban J connectivity index is 1.73. The molecule has 228 valence electrons. The molecule has 0 saturated carbocycles. The highest BCUT2D eigenvalue weighted by Gasteiger charge is 2.18. The molecule has 41 heavy (non-hydrogen) atoms. The standard InChI is InChI=1S/C30H46N4O6S/c1-3-5-19-39-21-7-17-31-23-29(35)33-25-9-13-27(14-10-25)41(37,38)28-15-11-26(12-16-28)34-30(36)24-32-18-8-22-40-20-6-4-2/h9-16,31-32H,3-8,17-24H2,1-2H3,(H,33,35)(H,34,36). The van der Waals surface area contributed by atoms with Crippen LogP contribution in [0.3, 0.4) is 0 Å². The normalized spacial score (nSPS) is 11.4. The molecule has 10 nitrogen and oxygen atoms in total. The quantitative estimate of drug-likeness (QED) is 0.151. The fraction of sp³-hybridized carbons (Fsp3) is 0.533. The second kappa shape index (κ2) is 20.1. The molecule has 0 aliphatic carbocycles. The molecule has 0 bridgehead atoms. The number of anilines is 2. The molecule has 0 spiro atoms. The average Bonchev–Trinajstić information content (AvgIpc) is 2.96. The molecule has 0 saturated heterocycles. The molecule has 0 fully saturated rings. The highest BCUT2D eigenvalue weighted by molar-refractivity contribution is 7.91. The van der Waals surface area contributed by atoms with Crippen molar-refractivity contribution in [1.82, 2.24) is 10.6 Å². The number of sulfone groups is 1. The second-order valence-corrected chi connectivity index (χ2v) is 11.6. The molecule has 0 aliphatic rings. The lowest BCUT2D eigenvalue weighted by molar-refractivity contribution is -0.116. The minimum Gasteiger partial charge on any atom is -0.381 e. The molecule has 0 atom stereocenters. The van der Waals surface area contributed by atoms with Gasteiger partial charge in [-0.3, -0.25) is 9.59 Å². The molecule has 0 aliphatic heterocycles. The van der Waals surface area contributed by atoms with E-state index in [9.17, 15) is 18.0 Å². The summed E-state index contributed by atoms with van der Waals surface area (Å²) in [5.74, 6) is -0.423. The number of amides is 2. The van der Waals surface area contributed by atoms with Gasteiger partial charge in [0.15, 0.2) is 0 Å². The summed E-state index contributed by atoms with van der Waals surface area (Å²) >= 11 is 0. The minimum absolute atomic E-state index is 0.108. The van der Waals surface area contributed by atoms with Crippen LogP contribution in [-0.2, 0) is 28.9 Å². The van der Waals surface area contributed by atoms with E-state index in [-0.39, 0.29) is 34.7 Å². The number of benzene rings is 2. The van der Waals surface area contributed by atoms with Crippen LogP contribution >= 0.6 is 0 Å². The SMILES string of the molecule is CCCCOCCCNCC(=O)Nc1ccc(S(=O)(=O)c2ccc(NC(=O)CNCCCOCCCC)cc2)cc1. The summed E-state index contributed by atoms with van der Waals surface area (Å²) in [5, 5.41) is 11.7. The van der Waals surface area contributed by atoms with Gasteiger partial charge in [0.25, 0.3) is 0 Å². The predicted molar refractivity (Wildman–Crippen MR) is 162 cm³/mol. The van der Waals surface area contributed by atoms with Gasteiger partial charge < -0.3 is 30.7 Å². The van der Waals surface area contributed by atoms with E-state index in [2.05, 4.69) is 35.1 Å². The summed E-state index contributed by atoms with van der Waals surface area (Å²) in [6, 6.07) is 12.1. The lowest BCUT2D eigenvalue weighted by Gasteiger charge is -2.10. The Kier molecular flexibility index (Phi) is 16.9. The number of unbranched alkanes of at least 4 members (excludes halogenated alkanes) is 2. The van der Waals surface area contributed by atoms with Crippen molar-refractivity contribution in [2.45, 2.75) is 62.2 Å². The Morgan fingerprint density at radius 2 is 0.976 bits per heavy atom. The van der Waals surface area contributed by atoms with Crippen molar-refractivity contribution >= 4 is 33.0 Å². The van der Waals surface area contributed by atoms with Crippen LogP contribution in [0.5, 0.6) is 0 Å². The molecule has 4 N–H and O–H groups in total. The summed E-state index contributed by atoms with van der Waals surface area (Å²) in [4.78, 5) is 24.6. The van der Waals surface area contributed by atoms with Crippen LogP contribution in [-0.4, -0.2) is 72.8 Å². The van der Waals surface area contributed by atoms with Gasteiger partial charge in [-0.1, -0.05) is 26.7 Å². The van der Waals surface area contributed by atoms with E-state index in [0.717, 1.165) is 51.7 Å². The number of carbonyl (C=O) groups is 2. The lowest BCUT2D eigenvalue weighted by atomic mass is 10.3. The van der Waals surface area contributed by atoms with Crippen LogP contribution in [0.25, 0.3) is 0 Å². The zero-order chi connectivity index (χ0) is 29.8. The van der Waals surface area contributed by atoms with Crippen LogP contribution in [0, 0.1) is 0 Å². The topological polar surface area (TPSA) is 135 Å². The smallest absolute Gasteiger partial charge is 0.238 e. The molecule has 0 radical (unpaired) electrons. The van der Waals surface area contributed by atoms with Gasteiger partial charge in [-0.25, -0.2) is 8.42 Å². The van der Waals surface area contributed by atoms with Crippen LogP contribution in [0.4, 0.5) is 11.4 Å². The van der Waals surface area contributed by atoms with Gasteiger partial charge in [0, 0.05) is 37.8 Å². The number of carbonyl (C=O) groups excluding carboxylic acids is 2. The van der Waals surface area contributed by atoms with Crippen molar-refractivity contribution in [2.24, 2.45) is 0 Å². The third-order valence-corrected chi connectivity index (χ3v) is 7.82. The minimum atomic E-state index is -3.76. The highest BCUT2D eigenvalue weighted by atomic mass is 32.2. The molecule has 11 heteroatoms. The lowest BCUT2D eigenvalue weighted by Crippen LogP contribution is -2.29. The molecule has 2 rings (SSSR count). The molecule has 0 heterocycles. The van der Waals surface area contributed by atoms with Gasteiger partial charge in [0.1, 0.15) is 0 Å². The third-order valence-electron chi connectivity index (χ3n) is 6.04. The molecule has 2 amide bonds. The van der Waals surface area contributed by atoms with Gasteiger partial charge in [-0.15, -0.1) is 0 Å². The number of rotatable bonds is 22. The van der Waals surface area contributed by atoms with Crippen LogP contribution in [0.15, 0.2) is 58.3 Å². The molecular formula is C30H46N4O6S. The number of hydrogen-bond donors (Lipinski definition) is 4. The Labute approximate surface area is 244 Å². The average molecular weight is 591 g/mol. The van der Waals surface area contributed by atoms with Gasteiger partial charge in [0.2, 0.25) is 21.7 Å². The van der Waals surface area contributed by atoms with Gasteiger partial charge >= 0.3 is 0 Å². The van der Waals surface area contributed by atoms with E-state index >= 15 is 0 Å². The fourth-order valence-corrected chi connectivity index (χ4v) is 4.94. The zero-order valence-corrected chi connectivity index (χ0v) is 25.2. The summed E-state index contributed by atoms with van der Waals surface area (Å²) in [5.41, 5.74) is 1.02. The second-order valence-electron chi connectivity index (χ2n) is 9.64. The van der Waals surface area contributed by atoms with Crippen molar-refractivity contribution in [3.8, 4) is 0 Å². The van der Waals surface area contributed by atoms with Crippen molar-refractivity contribution < 1.29 is 27.5 Å². The number of nitrogens with one attached hydrogen (secondary N) is 4. The van der Waals surface area contributed by atoms with Gasteiger partial charge in [-0.05, 0) is 87.3 Å². The maximum absolute atomic E-state index is 13.1. The van der Waals surface area contributed by atoms with Crippen LogP contribution in [0.2, 0.25) is 0 Å². The molecule has 2 aromatic carbocycles. The Bertz CT molecular complexity index is 1040. The fourth-order valence-electron chi connectivity index (χ4n) is 3.68. The molecule has 0 aromatic heterocycles. The van der Waals surface area contributed by atoms with Gasteiger partial charge in [0.05, 0.1) is 22.9 Å². The Morgan fingerprint density at radius 3 is 1.34 bits per heavy atom. The van der Waals surface area contributed by atoms with E-state index < -0.39 is 9.84 Å². The summed E-state index contributed by atoms with van der Waals surface area (Å²) in [6.45, 7) is 8.74. The molecule has 2 aromatic rings. The molecule has 0 unspecified atom stereocenters. The van der Waals surface area contributed by atoms with E-state index in [0.29, 0.717) is 37.7 Å². The monoisotopic (exact) mass is 590 g/mol. The van der Waals surface area contributed by atoms with E-state index in [1.165, 1.54) is 24.3 Å². The molecular weight excluding hydrogens is 544 g/mol. The van der Waals surface area contributed by atoms with Crippen LogP contribution < -0.4 is 21.3 Å². The van der Waals surface area contributed by atoms with E-state index in [4.69, 9.17) is 9.47 Å². The number of ether oxygens (including phenoxy) is 2. The maximum Gasteiger partial charge on any atom is 0.238 e. The predicted octanol–water partition coefficient (Wildman–Crippen LogP) is 3.99. The summed E-state index contributed by atoms with van der Waals surface area (Å²) < 4.78 is 37.1. The Morgan fingerprint density at radius 1 is 0.610 bits per heavy atom. The van der Waals surface area contributed by atoms with Crippen molar-refractivity contribution in [3.63, 3.8) is 0 Å². The third kappa shape index (κ3) is 14.1. The number of hydrogen-bond acceptors (Lipinski definition) is 8. The first-order chi connectivity index (χ1) is 19.9. The van der Waals surface area contributed by atoms with Gasteiger partial charge in [-0.2, -0.15) is 0 Å². The van der Waals surface area contributed by atoms with Crippen molar-refractivity contribution in [2.75, 3.05) is 63.2 Å². The zero-order valence-electron chi connectivity index (χ0n) is 24.4. The highest BCUT2D eigenvalue weighted by Crippen LogP contribution is 2.23. The largest absolute Gasteiger partial charge is 0.381 e. The van der Waals surface area contributed by atoms with Crippen molar-refractivity contribution in [3.05, 3.63) is 48.5 Å². The van der Waals surface area contributed by atoms with E-state index in [1.54, 1.807) is 24.3 Å². The first kappa shape index (κ1) is 34.4. The van der Waals surface area contributed by atoms with E-state index in [1.807, 2.05) is 0 Å². The Hall–Kier alpha value is -2.83. The van der Waals surface area contributed by atoms with Crippen LogP contribution in [0.1, 0.15) is 52.4 Å². The van der Waals surface area contributed by atoms with Crippen molar-refractivity contribution in [1.29, 1.82) is 0 Å². The summed E-state index contributed by atoms with van der Waals surface area (Å²) in [6.07, 6.45) is 5.96. The maximum atomic E-state index is 13.1. The summed E-state index contributed by atoms with van der Waals surface area (Å²) in [7, 11) is -3.76.